The lowest BCUT2D eigenvalue weighted by Crippen LogP contribution is -2.37. The molecule has 3 aromatic heterocycles. The molecule has 2 saturated carbocycles. The van der Waals surface area contributed by atoms with Crippen molar-refractivity contribution in [2.24, 2.45) is 11.8 Å². The van der Waals surface area contributed by atoms with Gasteiger partial charge in [-0.3, -0.25) is 9.59 Å². The smallest absolute Gasteiger partial charge is 0.349 e. The van der Waals surface area contributed by atoms with Gasteiger partial charge in [-0.25, -0.2) is 18.3 Å². The van der Waals surface area contributed by atoms with Gasteiger partial charge in [0, 0.05) is 19.3 Å². The maximum absolute atomic E-state index is 13.9. The molecular weight excluding hydrogens is 537 g/mol. The summed E-state index contributed by atoms with van der Waals surface area (Å²) >= 11 is 0. The number of fused-ring (bicyclic) bond motifs is 1. The van der Waals surface area contributed by atoms with E-state index in [1.54, 1.807) is 12.3 Å². The highest BCUT2D eigenvalue weighted by Crippen LogP contribution is 2.43. The molecule has 14 heteroatoms. The van der Waals surface area contributed by atoms with E-state index >= 15 is 0 Å². The molecule has 2 aliphatic carbocycles. The maximum Gasteiger partial charge on any atom is 0.389 e. The summed E-state index contributed by atoms with van der Waals surface area (Å²) in [7, 11) is 0. The molecule has 2 atom stereocenters. The van der Waals surface area contributed by atoms with Crippen molar-refractivity contribution in [1.82, 2.24) is 35.4 Å². The summed E-state index contributed by atoms with van der Waals surface area (Å²) in [4.78, 5) is 29.9. The second-order valence-electron chi connectivity index (χ2n) is 10.5. The van der Waals surface area contributed by atoms with Crippen LogP contribution in [0.2, 0.25) is 0 Å². The average Bonchev–Trinajstić information content (AvgIpc) is 3.67. The summed E-state index contributed by atoms with van der Waals surface area (Å²) in [5.74, 6) is -4.11. The number of hydrogen-bond acceptors (Lipinski definition) is 6. The van der Waals surface area contributed by atoms with E-state index in [2.05, 4.69) is 30.9 Å². The van der Waals surface area contributed by atoms with Crippen molar-refractivity contribution in [3.8, 4) is 0 Å². The van der Waals surface area contributed by atoms with E-state index in [-0.39, 0.29) is 43.1 Å². The lowest BCUT2D eigenvalue weighted by molar-refractivity contribution is -0.144. The summed E-state index contributed by atoms with van der Waals surface area (Å²) in [6.45, 7) is 0. The molecule has 2 fully saturated rings. The largest absolute Gasteiger partial charge is 0.389 e. The second-order valence-corrected chi connectivity index (χ2v) is 10.5. The summed E-state index contributed by atoms with van der Waals surface area (Å²) < 4.78 is 67.0. The molecule has 0 aliphatic heterocycles. The van der Waals surface area contributed by atoms with Gasteiger partial charge < -0.3 is 10.6 Å². The van der Waals surface area contributed by atoms with Gasteiger partial charge in [0.1, 0.15) is 0 Å². The minimum absolute atomic E-state index is 0.0819. The van der Waals surface area contributed by atoms with Crippen LogP contribution in [0.1, 0.15) is 85.1 Å². The summed E-state index contributed by atoms with van der Waals surface area (Å²) in [5.41, 5.74) is 1.70. The number of nitrogens with one attached hydrogen (secondary N) is 2. The number of rotatable bonds is 9. The topological polar surface area (TPSA) is 114 Å². The molecule has 0 radical (unpaired) electrons. The van der Waals surface area contributed by atoms with Crippen molar-refractivity contribution >= 4 is 17.5 Å². The van der Waals surface area contributed by atoms with Crippen molar-refractivity contribution in [1.29, 1.82) is 0 Å². The van der Waals surface area contributed by atoms with Crippen LogP contribution < -0.4 is 10.6 Å². The predicted molar refractivity (Wildman–Crippen MR) is 131 cm³/mol. The first-order valence-corrected chi connectivity index (χ1v) is 13.1. The zero-order valence-corrected chi connectivity index (χ0v) is 21.4. The van der Waals surface area contributed by atoms with Gasteiger partial charge in [-0.1, -0.05) is 0 Å². The number of carbonyl (C=O) groups excluding carboxylic acids is 2. The monoisotopic (exact) mass is 565 g/mol. The standard InChI is InChI=1S/C26H28F5N7O2/c27-25(28)7-3-16(4-8-25)23(37-24(40)17-6-10-32-33-12-17)19-14-38-20(35-19)11-18(13-34-38)22(15-1-2-15)36-21(39)5-9-26(29,30)31/h6,10-16,22-23H,1-5,7-9H2,(H,36,39)(H,37,40)/t22-,23+/m1/s1. The fraction of sp³-hybridized carbons (Fsp3) is 0.538. The Hall–Kier alpha value is -3.71. The zero-order valence-electron chi connectivity index (χ0n) is 21.4. The van der Waals surface area contributed by atoms with Gasteiger partial charge in [-0.2, -0.15) is 28.5 Å². The Balaban J connectivity index is 1.39. The normalized spacial score (nSPS) is 19.2. The van der Waals surface area contributed by atoms with E-state index < -0.39 is 48.8 Å². The van der Waals surface area contributed by atoms with Gasteiger partial charge in [0.25, 0.3) is 5.91 Å². The first-order valence-electron chi connectivity index (χ1n) is 13.1. The van der Waals surface area contributed by atoms with Crippen LogP contribution in [0, 0.1) is 11.8 Å². The third-order valence-electron chi connectivity index (χ3n) is 7.45. The number of aromatic nitrogens is 5. The molecule has 9 nitrogen and oxygen atoms in total. The molecule has 2 aliphatic rings. The van der Waals surface area contributed by atoms with Crippen molar-refractivity contribution in [2.75, 3.05) is 0 Å². The SMILES string of the molecule is O=C(CCC(F)(F)F)N[C@@H](c1cnn2cc([C@@H](NC(=O)c3ccnnc3)C3CCC(F)(F)CC3)nc2c1)C1CC1. The fourth-order valence-corrected chi connectivity index (χ4v) is 5.11. The Labute approximate surface area is 226 Å². The Bertz CT molecular complexity index is 1350. The van der Waals surface area contributed by atoms with Crippen LogP contribution in [-0.4, -0.2) is 48.7 Å². The van der Waals surface area contributed by atoms with Crippen LogP contribution in [0.5, 0.6) is 0 Å². The Morgan fingerprint density at radius 1 is 1.02 bits per heavy atom. The summed E-state index contributed by atoms with van der Waals surface area (Å²) in [6.07, 6.45) is 0.961. The zero-order chi connectivity index (χ0) is 28.5. The van der Waals surface area contributed by atoms with E-state index in [9.17, 15) is 31.5 Å². The highest BCUT2D eigenvalue weighted by Gasteiger charge is 2.40. The third kappa shape index (κ3) is 6.89. The van der Waals surface area contributed by atoms with Crippen LogP contribution in [-0.2, 0) is 4.79 Å². The van der Waals surface area contributed by atoms with Crippen LogP contribution in [0.15, 0.2) is 36.9 Å². The molecule has 0 saturated heterocycles. The number of halogens is 5. The van der Waals surface area contributed by atoms with Gasteiger partial charge in [0.15, 0.2) is 5.65 Å². The lowest BCUT2D eigenvalue weighted by Gasteiger charge is -2.33. The van der Waals surface area contributed by atoms with E-state index in [4.69, 9.17) is 0 Å². The molecular formula is C26H28F5N7O2. The first kappa shape index (κ1) is 27.8. The van der Waals surface area contributed by atoms with Crippen LogP contribution in [0.4, 0.5) is 22.0 Å². The van der Waals surface area contributed by atoms with Gasteiger partial charge >= 0.3 is 6.18 Å². The van der Waals surface area contributed by atoms with E-state index in [1.165, 1.54) is 29.2 Å². The number of carbonyl (C=O) groups is 2. The molecule has 3 aromatic rings. The van der Waals surface area contributed by atoms with Crippen molar-refractivity contribution < 1.29 is 31.5 Å². The van der Waals surface area contributed by atoms with Crippen LogP contribution in [0.3, 0.4) is 0 Å². The number of hydrogen-bond donors (Lipinski definition) is 2. The summed E-state index contributed by atoms with van der Waals surface area (Å²) in [6, 6.07) is 2.01. The molecule has 5 rings (SSSR count). The average molecular weight is 566 g/mol. The minimum Gasteiger partial charge on any atom is -0.349 e. The Morgan fingerprint density at radius 3 is 2.40 bits per heavy atom. The van der Waals surface area contributed by atoms with Crippen molar-refractivity contribution in [3.63, 3.8) is 0 Å². The van der Waals surface area contributed by atoms with Crippen LogP contribution in [0.25, 0.3) is 5.65 Å². The van der Waals surface area contributed by atoms with Gasteiger partial charge in [-0.05, 0) is 55.2 Å². The third-order valence-corrected chi connectivity index (χ3v) is 7.45. The molecule has 0 bridgehead atoms. The van der Waals surface area contributed by atoms with Crippen molar-refractivity contribution in [2.45, 2.75) is 75.5 Å². The van der Waals surface area contributed by atoms with Gasteiger partial charge in [0.2, 0.25) is 11.8 Å². The number of imidazole rings is 1. The minimum atomic E-state index is -4.42. The maximum atomic E-state index is 13.9. The van der Waals surface area contributed by atoms with E-state index in [0.29, 0.717) is 16.9 Å². The lowest BCUT2D eigenvalue weighted by atomic mass is 9.81. The molecule has 3 heterocycles. The highest BCUT2D eigenvalue weighted by molar-refractivity contribution is 5.94. The second kappa shape index (κ2) is 11.0. The van der Waals surface area contributed by atoms with Crippen LogP contribution >= 0.6 is 0 Å². The molecule has 2 amide bonds. The predicted octanol–water partition coefficient (Wildman–Crippen LogP) is 4.73. The molecule has 2 N–H and O–H groups in total. The van der Waals surface area contributed by atoms with E-state index in [0.717, 1.165) is 12.8 Å². The summed E-state index contributed by atoms with van der Waals surface area (Å²) in [5, 5.41) is 17.4. The molecule has 0 spiro atoms. The number of nitrogens with zero attached hydrogens (tertiary/aromatic N) is 5. The Kier molecular flexibility index (Phi) is 7.69. The van der Waals surface area contributed by atoms with Gasteiger partial charge in [-0.15, -0.1) is 0 Å². The first-order chi connectivity index (χ1) is 19.0. The van der Waals surface area contributed by atoms with Crippen molar-refractivity contribution in [3.05, 3.63) is 53.7 Å². The quantitative estimate of drug-likeness (QED) is 0.363. The molecule has 214 valence electrons. The molecule has 0 aromatic carbocycles. The number of amides is 2. The van der Waals surface area contributed by atoms with Gasteiger partial charge in [0.05, 0.1) is 54.5 Å². The molecule has 40 heavy (non-hydrogen) atoms. The number of alkyl halides is 5. The van der Waals surface area contributed by atoms with E-state index in [1.807, 2.05) is 0 Å². The highest BCUT2D eigenvalue weighted by atomic mass is 19.4. The molecule has 0 unspecified atom stereocenters. The Morgan fingerprint density at radius 2 is 1.75 bits per heavy atom. The fourth-order valence-electron chi connectivity index (χ4n) is 5.11.